The Balaban J connectivity index is 3.05. The van der Waals surface area contributed by atoms with E-state index in [1.807, 2.05) is 0 Å². The van der Waals surface area contributed by atoms with Crippen LogP contribution in [0.4, 0.5) is 5.69 Å². The van der Waals surface area contributed by atoms with Crippen LogP contribution in [0, 0.1) is 10.1 Å². The number of nitro benzene ring substituents is 1. The van der Waals surface area contributed by atoms with Gasteiger partial charge in [0.1, 0.15) is 11.9 Å². The second-order valence-corrected chi connectivity index (χ2v) is 3.75. The standard InChI is InChI=1S/C11H16N2O5/c1-12-6-9(14)11(15)8-4-3-7(13(16)17)5-10(8)18-2/h3-5,9,11-12,14-15H,6H2,1-2H3. The molecule has 7 nitrogen and oxygen atoms in total. The lowest BCUT2D eigenvalue weighted by Gasteiger charge is -2.19. The van der Waals surface area contributed by atoms with Gasteiger partial charge in [-0.25, -0.2) is 0 Å². The molecular weight excluding hydrogens is 240 g/mol. The zero-order chi connectivity index (χ0) is 13.7. The second kappa shape index (κ2) is 6.29. The van der Waals surface area contributed by atoms with Gasteiger partial charge in [-0.1, -0.05) is 0 Å². The largest absolute Gasteiger partial charge is 0.496 e. The lowest BCUT2D eigenvalue weighted by Crippen LogP contribution is -2.29. The maximum Gasteiger partial charge on any atom is 0.273 e. The number of nitrogens with zero attached hydrogens (tertiary/aromatic N) is 1. The molecule has 0 aromatic heterocycles. The fourth-order valence-corrected chi connectivity index (χ4v) is 1.59. The van der Waals surface area contributed by atoms with E-state index in [0.717, 1.165) is 0 Å². The number of hydrogen-bond donors (Lipinski definition) is 3. The third kappa shape index (κ3) is 3.16. The molecule has 0 saturated heterocycles. The van der Waals surface area contributed by atoms with Crippen molar-refractivity contribution in [2.45, 2.75) is 12.2 Å². The minimum Gasteiger partial charge on any atom is -0.496 e. The first-order chi connectivity index (χ1) is 8.51. The minimum atomic E-state index is -1.17. The van der Waals surface area contributed by atoms with Crippen molar-refractivity contribution in [1.29, 1.82) is 0 Å². The first-order valence-electron chi connectivity index (χ1n) is 5.34. The predicted molar refractivity (Wildman–Crippen MR) is 64.5 cm³/mol. The highest BCUT2D eigenvalue weighted by molar-refractivity contribution is 5.45. The first kappa shape index (κ1) is 14.4. The summed E-state index contributed by atoms with van der Waals surface area (Å²) in [6.07, 6.45) is -2.20. The number of ether oxygens (including phenoxy) is 1. The maximum absolute atomic E-state index is 10.6. The molecule has 0 aliphatic heterocycles. The van der Waals surface area contributed by atoms with Crippen LogP contribution >= 0.6 is 0 Å². The van der Waals surface area contributed by atoms with Gasteiger partial charge in [-0.2, -0.15) is 0 Å². The van der Waals surface area contributed by atoms with E-state index in [0.29, 0.717) is 5.56 Å². The molecule has 0 fully saturated rings. The average Bonchev–Trinajstić information content (AvgIpc) is 2.37. The summed E-state index contributed by atoms with van der Waals surface area (Å²) < 4.78 is 4.99. The lowest BCUT2D eigenvalue weighted by atomic mass is 10.0. The lowest BCUT2D eigenvalue weighted by molar-refractivity contribution is -0.385. The summed E-state index contributed by atoms with van der Waals surface area (Å²) >= 11 is 0. The van der Waals surface area contributed by atoms with Crippen molar-refractivity contribution in [3.8, 4) is 5.75 Å². The van der Waals surface area contributed by atoms with Crippen LogP contribution in [-0.4, -0.2) is 41.9 Å². The molecule has 0 saturated carbocycles. The normalized spacial score (nSPS) is 14.0. The topological polar surface area (TPSA) is 105 Å². The number of nitro groups is 1. The van der Waals surface area contributed by atoms with E-state index in [4.69, 9.17) is 4.74 Å². The van der Waals surface area contributed by atoms with Gasteiger partial charge in [0, 0.05) is 18.2 Å². The Bertz CT molecular complexity index is 424. The molecule has 0 amide bonds. The van der Waals surface area contributed by atoms with E-state index >= 15 is 0 Å². The van der Waals surface area contributed by atoms with Crippen molar-refractivity contribution in [2.24, 2.45) is 0 Å². The quantitative estimate of drug-likeness (QED) is 0.496. The van der Waals surface area contributed by atoms with Gasteiger partial charge in [0.25, 0.3) is 5.69 Å². The highest BCUT2D eigenvalue weighted by Crippen LogP contribution is 2.30. The Kier molecular flexibility index (Phi) is 5.02. The molecule has 0 bridgehead atoms. The Hall–Kier alpha value is -1.70. The van der Waals surface area contributed by atoms with E-state index in [-0.39, 0.29) is 18.0 Å². The number of nitrogens with one attached hydrogen (secondary N) is 1. The van der Waals surface area contributed by atoms with Gasteiger partial charge in [0.05, 0.1) is 24.2 Å². The van der Waals surface area contributed by atoms with E-state index in [1.54, 1.807) is 7.05 Å². The van der Waals surface area contributed by atoms with Crippen LogP contribution in [0.2, 0.25) is 0 Å². The van der Waals surface area contributed by atoms with E-state index in [1.165, 1.54) is 25.3 Å². The Morgan fingerprint density at radius 1 is 1.50 bits per heavy atom. The Morgan fingerprint density at radius 3 is 2.67 bits per heavy atom. The third-order valence-electron chi connectivity index (χ3n) is 2.52. The van der Waals surface area contributed by atoms with Gasteiger partial charge in [-0.05, 0) is 13.1 Å². The highest BCUT2D eigenvalue weighted by Gasteiger charge is 2.23. The van der Waals surface area contributed by atoms with Crippen molar-refractivity contribution in [1.82, 2.24) is 5.32 Å². The van der Waals surface area contributed by atoms with Crippen molar-refractivity contribution in [3.63, 3.8) is 0 Å². The summed E-state index contributed by atoms with van der Waals surface area (Å²) in [5.74, 6) is 0.173. The summed E-state index contributed by atoms with van der Waals surface area (Å²) in [7, 11) is 2.99. The zero-order valence-corrected chi connectivity index (χ0v) is 10.2. The van der Waals surface area contributed by atoms with Crippen LogP contribution < -0.4 is 10.1 Å². The molecule has 3 N–H and O–H groups in total. The van der Waals surface area contributed by atoms with Crippen LogP contribution in [0.3, 0.4) is 0 Å². The Morgan fingerprint density at radius 2 is 2.17 bits per heavy atom. The molecule has 100 valence electrons. The van der Waals surface area contributed by atoms with Gasteiger partial charge in [-0.3, -0.25) is 10.1 Å². The fourth-order valence-electron chi connectivity index (χ4n) is 1.59. The molecule has 1 aromatic carbocycles. The van der Waals surface area contributed by atoms with Gasteiger partial charge in [-0.15, -0.1) is 0 Å². The molecule has 0 heterocycles. The molecule has 0 aliphatic carbocycles. The number of rotatable bonds is 6. The molecule has 1 rings (SSSR count). The maximum atomic E-state index is 10.6. The fraction of sp³-hybridized carbons (Fsp3) is 0.455. The van der Waals surface area contributed by atoms with Crippen molar-refractivity contribution < 1.29 is 19.9 Å². The Labute approximate surface area is 104 Å². The van der Waals surface area contributed by atoms with Crippen LogP contribution in [0.1, 0.15) is 11.7 Å². The zero-order valence-electron chi connectivity index (χ0n) is 10.2. The van der Waals surface area contributed by atoms with Crippen LogP contribution in [0.25, 0.3) is 0 Å². The number of benzene rings is 1. The van der Waals surface area contributed by atoms with Crippen LogP contribution in [0.15, 0.2) is 18.2 Å². The minimum absolute atomic E-state index is 0.133. The van der Waals surface area contributed by atoms with Crippen molar-refractivity contribution in [2.75, 3.05) is 20.7 Å². The average molecular weight is 256 g/mol. The number of non-ortho nitro benzene ring substituents is 1. The summed E-state index contributed by atoms with van der Waals surface area (Å²) in [4.78, 5) is 10.1. The van der Waals surface area contributed by atoms with Gasteiger partial charge in [0.15, 0.2) is 0 Å². The number of likely N-dealkylation sites (N-methyl/N-ethyl adjacent to an activating group) is 1. The summed E-state index contributed by atoms with van der Waals surface area (Å²) in [6, 6.07) is 3.85. The summed E-state index contributed by atoms with van der Waals surface area (Å²) in [5.41, 5.74) is 0.178. The molecule has 1 aromatic rings. The van der Waals surface area contributed by atoms with E-state index < -0.39 is 17.1 Å². The highest BCUT2D eigenvalue weighted by atomic mass is 16.6. The first-order valence-corrected chi connectivity index (χ1v) is 5.34. The molecule has 2 atom stereocenters. The number of aliphatic hydroxyl groups is 2. The monoisotopic (exact) mass is 256 g/mol. The van der Waals surface area contributed by atoms with Gasteiger partial charge < -0.3 is 20.3 Å². The predicted octanol–water partition coefficient (Wildman–Crippen LogP) is 0.217. The van der Waals surface area contributed by atoms with Gasteiger partial charge in [0.2, 0.25) is 0 Å². The number of methoxy groups -OCH3 is 1. The molecular formula is C11H16N2O5. The second-order valence-electron chi connectivity index (χ2n) is 3.75. The molecule has 18 heavy (non-hydrogen) atoms. The van der Waals surface area contributed by atoms with E-state index in [2.05, 4.69) is 5.32 Å². The number of hydrogen-bond acceptors (Lipinski definition) is 6. The summed E-state index contributed by atoms with van der Waals surface area (Å²) in [6.45, 7) is 0.196. The third-order valence-corrected chi connectivity index (χ3v) is 2.52. The smallest absolute Gasteiger partial charge is 0.273 e. The van der Waals surface area contributed by atoms with Crippen molar-refractivity contribution >= 4 is 5.69 Å². The van der Waals surface area contributed by atoms with Crippen LogP contribution in [0.5, 0.6) is 5.75 Å². The molecule has 0 radical (unpaired) electrons. The van der Waals surface area contributed by atoms with Crippen molar-refractivity contribution in [3.05, 3.63) is 33.9 Å². The number of aliphatic hydroxyl groups excluding tert-OH is 2. The summed E-state index contributed by atoms with van der Waals surface area (Å²) in [5, 5.41) is 32.9. The SMILES string of the molecule is CNCC(O)C(O)c1ccc([N+](=O)[O-])cc1OC. The van der Waals surface area contributed by atoms with Gasteiger partial charge >= 0.3 is 0 Å². The molecule has 2 unspecified atom stereocenters. The molecule has 7 heteroatoms. The van der Waals surface area contributed by atoms with E-state index in [9.17, 15) is 20.3 Å². The molecule has 0 spiro atoms. The van der Waals surface area contributed by atoms with Crippen LogP contribution in [-0.2, 0) is 0 Å². The molecule has 0 aliphatic rings.